The van der Waals surface area contributed by atoms with E-state index < -0.39 is 0 Å². The average molecular weight is 373 g/mol. The maximum absolute atomic E-state index is 12.8. The van der Waals surface area contributed by atoms with Gasteiger partial charge in [-0.2, -0.15) is 0 Å². The highest BCUT2D eigenvalue weighted by Gasteiger charge is 2.41. The van der Waals surface area contributed by atoms with Gasteiger partial charge in [0.1, 0.15) is 18.3 Å². The summed E-state index contributed by atoms with van der Waals surface area (Å²) in [5.74, 6) is 0.408. The van der Waals surface area contributed by atoms with Gasteiger partial charge in [-0.25, -0.2) is 0 Å². The third-order valence-electron chi connectivity index (χ3n) is 5.39. The molecular formula is C20H27N3O4. The molecule has 0 radical (unpaired) electrons. The molecule has 1 aromatic carbocycles. The molecule has 0 bridgehead atoms. The van der Waals surface area contributed by atoms with Crippen molar-refractivity contribution in [1.29, 1.82) is 0 Å². The summed E-state index contributed by atoms with van der Waals surface area (Å²) in [6.45, 7) is 4.95. The quantitative estimate of drug-likeness (QED) is 0.821. The van der Waals surface area contributed by atoms with Crippen molar-refractivity contribution in [3.8, 4) is 5.75 Å². The monoisotopic (exact) mass is 373 g/mol. The molecule has 2 unspecified atom stereocenters. The number of hydrogen-bond acceptors (Lipinski definition) is 4. The van der Waals surface area contributed by atoms with E-state index in [1.54, 1.807) is 35.1 Å². The van der Waals surface area contributed by atoms with Crippen molar-refractivity contribution < 1.29 is 19.1 Å². The van der Waals surface area contributed by atoms with Gasteiger partial charge in [-0.15, -0.1) is 0 Å². The van der Waals surface area contributed by atoms with Crippen LogP contribution in [0.4, 0.5) is 0 Å². The van der Waals surface area contributed by atoms with E-state index in [1.165, 1.54) is 0 Å². The SMILES string of the molecule is CCC(C)NC(=O)c1ccc(OC)c(CN2CC(=O)N3CCCC3C2=O)c1. The first-order chi connectivity index (χ1) is 12.9. The van der Waals surface area contributed by atoms with Crippen molar-refractivity contribution in [3.63, 3.8) is 0 Å². The number of nitrogens with one attached hydrogen (secondary N) is 1. The van der Waals surface area contributed by atoms with Crippen LogP contribution in [0.3, 0.4) is 0 Å². The molecule has 1 N–H and O–H groups in total. The van der Waals surface area contributed by atoms with Crippen LogP contribution in [0, 0.1) is 0 Å². The Morgan fingerprint density at radius 1 is 1.37 bits per heavy atom. The van der Waals surface area contributed by atoms with Crippen LogP contribution in [0.2, 0.25) is 0 Å². The summed E-state index contributed by atoms with van der Waals surface area (Å²) in [4.78, 5) is 40.8. The van der Waals surface area contributed by atoms with Gasteiger partial charge in [0, 0.05) is 30.3 Å². The average Bonchev–Trinajstić information content (AvgIpc) is 3.16. The molecule has 0 aliphatic carbocycles. The molecule has 3 rings (SSSR count). The van der Waals surface area contributed by atoms with Gasteiger partial charge in [-0.05, 0) is 44.4 Å². The summed E-state index contributed by atoms with van der Waals surface area (Å²) in [5, 5.41) is 2.94. The van der Waals surface area contributed by atoms with Crippen molar-refractivity contribution >= 4 is 17.7 Å². The van der Waals surface area contributed by atoms with Gasteiger partial charge < -0.3 is 19.9 Å². The Morgan fingerprint density at radius 3 is 2.85 bits per heavy atom. The van der Waals surface area contributed by atoms with Gasteiger partial charge in [-0.3, -0.25) is 14.4 Å². The zero-order valence-corrected chi connectivity index (χ0v) is 16.2. The topological polar surface area (TPSA) is 79.0 Å². The standard InChI is InChI=1S/C20H27N3O4/c1-4-13(2)21-19(25)14-7-8-17(27-3)15(10-14)11-22-12-18(24)23-9-5-6-16(23)20(22)26/h7-8,10,13,16H,4-6,9,11-12H2,1-3H3,(H,21,25). The molecule has 7 nitrogen and oxygen atoms in total. The number of nitrogens with zero attached hydrogens (tertiary/aromatic N) is 2. The number of carbonyl (C=O) groups is 3. The third kappa shape index (κ3) is 3.91. The molecule has 3 amide bonds. The van der Waals surface area contributed by atoms with Crippen LogP contribution in [0.5, 0.6) is 5.75 Å². The fraction of sp³-hybridized carbons (Fsp3) is 0.550. The van der Waals surface area contributed by atoms with Crippen LogP contribution in [0.1, 0.15) is 49.0 Å². The minimum absolute atomic E-state index is 0.0123. The molecule has 2 aliphatic rings. The predicted octanol–water partition coefficient (Wildman–Crippen LogP) is 1.56. The van der Waals surface area contributed by atoms with Crippen molar-refractivity contribution in [2.45, 2.75) is 51.7 Å². The van der Waals surface area contributed by atoms with E-state index in [0.29, 0.717) is 17.9 Å². The van der Waals surface area contributed by atoms with Crippen molar-refractivity contribution in [2.75, 3.05) is 20.2 Å². The van der Waals surface area contributed by atoms with Gasteiger partial charge in [0.15, 0.2) is 0 Å². The Bertz CT molecular complexity index is 749. The number of amides is 3. The molecule has 1 aromatic rings. The van der Waals surface area contributed by atoms with Crippen molar-refractivity contribution in [1.82, 2.24) is 15.1 Å². The van der Waals surface area contributed by atoms with Gasteiger partial charge >= 0.3 is 0 Å². The number of rotatable bonds is 6. The first-order valence-electron chi connectivity index (χ1n) is 9.50. The Hall–Kier alpha value is -2.57. The molecule has 7 heteroatoms. The van der Waals surface area contributed by atoms with Gasteiger partial charge in [0.25, 0.3) is 5.91 Å². The zero-order chi connectivity index (χ0) is 19.6. The molecule has 0 saturated carbocycles. The summed E-state index contributed by atoms with van der Waals surface area (Å²) >= 11 is 0. The lowest BCUT2D eigenvalue weighted by atomic mass is 10.1. The number of carbonyl (C=O) groups excluding carboxylic acids is 3. The Labute approximate surface area is 159 Å². The Morgan fingerprint density at radius 2 is 2.15 bits per heavy atom. The van der Waals surface area contributed by atoms with Crippen LogP contribution in [-0.4, -0.2) is 59.8 Å². The first kappa shape index (κ1) is 19.2. The molecule has 0 spiro atoms. The van der Waals surface area contributed by atoms with E-state index in [1.807, 2.05) is 13.8 Å². The van der Waals surface area contributed by atoms with Crippen LogP contribution < -0.4 is 10.1 Å². The highest BCUT2D eigenvalue weighted by Crippen LogP contribution is 2.27. The number of methoxy groups -OCH3 is 1. The minimum Gasteiger partial charge on any atom is -0.496 e. The maximum atomic E-state index is 12.8. The first-order valence-corrected chi connectivity index (χ1v) is 9.50. The number of fused-ring (bicyclic) bond motifs is 1. The summed E-state index contributed by atoms with van der Waals surface area (Å²) < 4.78 is 5.41. The van der Waals surface area contributed by atoms with Crippen molar-refractivity contribution in [2.24, 2.45) is 0 Å². The second-order valence-electron chi connectivity index (χ2n) is 7.25. The fourth-order valence-electron chi connectivity index (χ4n) is 3.66. The lowest BCUT2D eigenvalue weighted by Crippen LogP contribution is -2.56. The van der Waals surface area contributed by atoms with E-state index in [4.69, 9.17) is 4.74 Å². The third-order valence-corrected chi connectivity index (χ3v) is 5.39. The highest BCUT2D eigenvalue weighted by molar-refractivity contribution is 5.96. The maximum Gasteiger partial charge on any atom is 0.251 e. The molecule has 2 heterocycles. The van der Waals surface area contributed by atoms with E-state index >= 15 is 0 Å². The fourth-order valence-corrected chi connectivity index (χ4v) is 3.66. The van der Waals surface area contributed by atoms with E-state index in [2.05, 4.69) is 5.32 Å². The minimum atomic E-state index is -0.339. The van der Waals surface area contributed by atoms with E-state index in [9.17, 15) is 14.4 Å². The zero-order valence-electron chi connectivity index (χ0n) is 16.2. The normalized spacial score (nSPS) is 20.5. The van der Waals surface area contributed by atoms with Gasteiger partial charge in [0.2, 0.25) is 11.8 Å². The second-order valence-corrected chi connectivity index (χ2v) is 7.25. The molecule has 2 atom stereocenters. The number of benzene rings is 1. The van der Waals surface area contributed by atoms with Crippen molar-refractivity contribution in [3.05, 3.63) is 29.3 Å². The number of ether oxygens (including phenoxy) is 1. The molecule has 2 aliphatic heterocycles. The summed E-state index contributed by atoms with van der Waals surface area (Å²) in [6, 6.07) is 4.93. The van der Waals surface area contributed by atoms with Gasteiger partial charge in [0.05, 0.1) is 7.11 Å². The molecule has 27 heavy (non-hydrogen) atoms. The smallest absolute Gasteiger partial charge is 0.251 e. The van der Waals surface area contributed by atoms with Crippen LogP contribution >= 0.6 is 0 Å². The summed E-state index contributed by atoms with van der Waals surface area (Å²) in [6.07, 6.45) is 2.43. The molecule has 0 aromatic heterocycles. The van der Waals surface area contributed by atoms with Crippen LogP contribution in [-0.2, 0) is 16.1 Å². The number of piperazine rings is 1. The summed E-state index contributed by atoms with van der Waals surface area (Å²) in [7, 11) is 1.56. The summed E-state index contributed by atoms with van der Waals surface area (Å²) in [5.41, 5.74) is 1.24. The highest BCUT2D eigenvalue weighted by atomic mass is 16.5. The largest absolute Gasteiger partial charge is 0.496 e. The molecule has 2 fully saturated rings. The molecule has 2 saturated heterocycles. The predicted molar refractivity (Wildman–Crippen MR) is 100 cm³/mol. The van der Waals surface area contributed by atoms with E-state index in [-0.39, 0.29) is 42.9 Å². The molecular weight excluding hydrogens is 346 g/mol. The Balaban J connectivity index is 1.80. The van der Waals surface area contributed by atoms with Gasteiger partial charge in [-0.1, -0.05) is 6.92 Å². The lowest BCUT2D eigenvalue weighted by molar-refractivity contribution is -0.154. The van der Waals surface area contributed by atoms with Crippen LogP contribution in [0.25, 0.3) is 0 Å². The second kappa shape index (κ2) is 7.98. The Kier molecular flexibility index (Phi) is 5.68. The van der Waals surface area contributed by atoms with E-state index in [0.717, 1.165) is 24.8 Å². The molecule has 146 valence electrons. The number of hydrogen-bond donors (Lipinski definition) is 1. The lowest BCUT2D eigenvalue weighted by Gasteiger charge is -2.36. The van der Waals surface area contributed by atoms with Crippen LogP contribution in [0.15, 0.2) is 18.2 Å².